The average molecular weight is 475 g/mol. The van der Waals surface area contributed by atoms with Crippen LogP contribution in [0.15, 0.2) is 68.9 Å². The van der Waals surface area contributed by atoms with Gasteiger partial charge in [-0.2, -0.15) is 0 Å². The Balaban J connectivity index is 1.51. The fourth-order valence-electron chi connectivity index (χ4n) is 4.27. The fourth-order valence-corrected chi connectivity index (χ4v) is 4.68. The largest absolute Gasteiger partial charge is 0.464 e. The number of benzene rings is 2. The van der Waals surface area contributed by atoms with E-state index in [0.717, 1.165) is 21.6 Å². The summed E-state index contributed by atoms with van der Waals surface area (Å²) in [7, 11) is 0. The molecule has 174 valence electrons. The van der Waals surface area contributed by atoms with Crippen molar-refractivity contribution in [2.75, 3.05) is 18.1 Å². The van der Waals surface area contributed by atoms with E-state index in [1.165, 1.54) is 0 Å². The minimum Gasteiger partial charge on any atom is -0.464 e. The highest BCUT2D eigenvalue weighted by Gasteiger charge is 2.27. The Hall–Kier alpha value is -3.52. The molecule has 2 aromatic heterocycles. The summed E-state index contributed by atoms with van der Waals surface area (Å²) in [5.74, 6) is 0.413. The molecule has 2 aromatic carbocycles. The van der Waals surface area contributed by atoms with E-state index in [0.29, 0.717) is 42.3 Å². The van der Waals surface area contributed by atoms with Crippen molar-refractivity contribution in [1.29, 1.82) is 0 Å². The third kappa shape index (κ3) is 4.09. The minimum atomic E-state index is -0.0861. The molecule has 1 aliphatic heterocycles. The average Bonchev–Trinajstić information content (AvgIpc) is 3.31. The van der Waals surface area contributed by atoms with E-state index in [2.05, 4.69) is 5.32 Å². The topological polar surface area (TPSA) is 80.4 Å². The standard InChI is InChI=1S/C26H26N4O3S/c1-16(2)27-26-28-22-15-29(24(31)18-4-9-23-17(14-18)11-13-33-23)12-10-21(22)25(32)30(26)19-5-7-20(34-3)8-6-19/h4-9,11,13-14,16H,10,12,15H2,1-3H3,(H,27,28). The maximum Gasteiger partial charge on any atom is 0.263 e. The molecule has 0 spiro atoms. The third-order valence-corrected chi connectivity index (χ3v) is 6.71. The van der Waals surface area contributed by atoms with Crippen molar-refractivity contribution < 1.29 is 9.21 Å². The normalized spacial score (nSPS) is 13.4. The number of hydrogen-bond acceptors (Lipinski definition) is 6. The molecule has 0 radical (unpaired) electrons. The number of hydrogen-bond donors (Lipinski definition) is 1. The van der Waals surface area contributed by atoms with Crippen LogP contribution >= 0.6 is 11.8 Å². The minimum absolute atomic E-state index is 0.0780. The van der Waals surface area contributed by atoms with Crippen molar-refractivity contribution in [3.05, 3.63) is 82.0 Å². The molecule has 3 heterocycles. The summed E-state index contributed by atoms with van der Waals surface area (Å²) >= 11 is 1.66. The number of carbonyl (C=O) groups excluding carboxylic acids is 1. The molecule has 0 atom stereocenters. The van der Waals surface area contributed by atoms with E-state index in [1.807, 2.05) is 62.6 Å². The Morgan fingerprint density at radius 3 is 2.68 bits per heavy atom. The Morgan fingerprint density at radius 1 is 1.15 bits per heavy atom. The number of nitrogens with one attached hydrogen (secondary N) is 1. The van der Waals surface area contributed by atoms with Crippen LogP contribution in [-0.4, -0.2) is 39.2 Å². The van der Waals surface area contributed by atoms with E-state index < -0.39 is 0 Å². The maximum absolute atomic E-state index is 13.6. The van der Waals surface area contributed by atoms with E-state index in [-0.39, 0.29) is 17.5 Å². The predicted octanol–water partition coefficient (Wildman–Crippen LogP) is 4.72. The highest BCUT2D eigenvalue weighted by atomic mass is 32.2. The second kappa shape index (κ2) is 9.02. The second-order valence-corrected chi connectivity index (χ2v) is 9.53. The number of furan rings is 1. The molecule has 8 heteroatoms. The molecule has 0 bridgehead atoms. The molecule has 1 amide bonds. The summed E-state index contributed by atoms with van der Waals surface area (Å²) < 4.78 is 7.03. The van der Waals surface area contributed by atoms with Gasteiger partial charge in [0.15, 0.2) is 0 Å². The second-order valence-electron chi connectivity index (χ2n) is 8.65. The lowest BCUT2D eigenvalue weighted by Gasteiger charge is -2.29. The molecule has 0 saturated heterocycles. The van der Waals surface area contributed by atoms with Crippen molar-refractivity contribution in [1.82, 2.24) is 14.5 Å². The molecule has 34 heavy (non-hydrogen) atoms. The zero-order valence-corrected chi connectivity index (χ0v) is 20.2. The lowest BCUT2D eigenvalue weighted by molar-refractivity contribution is 0.0731. The van der Waals surface area contributed by atoms with Gasteiger partial charge in [0.25, 0.3) is 11.5 Å². The van der Waals surface area contributed by atoms with E-state index >= 15 is 0 Å². The van der Waals surface area contributed by atoms with Gasteiger partial charge in [0.05, 0.1) is 24.2 Å². The highest BCUT2D eigenvalue weighted by molar-refractivity contribution is 7.98. The molecule has 4 aromatic rings. The van der Waals surface area contributed by atoms with Crippen molar-refractivity contribution in [3.63, 3.8) is 0 Å². The summed E-state index contributed by atoms with van der Waals surface area (Å²) in [6, 6.07) is 15.2. The summed E-state index contributed by atoms with van der Waals surface area (Å²) in [4.78, 5) is 34.6. The van der Waals surface area contributed by atoms with E-state index in [4.69, 9.17) is 9.40 Å². The van der Waals surface area contributed by atoms with Gasteiger partial charge in [0.2, 0.25) is 5.95 Å². The van der Waals surface area contributed by atoms with Crippen molar-refractivity contribution in [2.45, 2.75) is 37.8 Å². The molecular weight excluding hydrogens is 448 g/mol. The van der Waals surface area contributed by atoms with Crippen LogP contribution in [0.3, 0.4) is 0 Å². The van der Waals surface area contributed by atoms with Gasteiger partial charge in [0, 0.05) is 34.0 Å². The Kier molecular flexibility index (Phi) is 5.91. The molecule has 0 saturated carbocycles. The van der Waals surface area contributed by atoms with Crippen molar-refractivity contribution in [3.8, 4) is 5.69 Å². The van der Waals surface area contributed by atoms with E-state index in [1.54, 1.807) is 33.6 Å². The summed E-state index contributed by atoms with van der Waals surface area (Å²) in [6.07, 6.45) is 4.10. The quantitative estimate of drug-likeness (QED) is 0.422. The Morgan fingerprint density at radius 2 is 1.94 bits per heavy atom. The van der Waals surface area contributed by atoms with Gasteiger partial charge < -0.3 is 14.6 Å². The SMILES string of the molecule is CSc1ccc(-n2c(NC(C)C)nc3c(c2=O)CCN(C(=O)c2ccc4occc4c2)C3)cc1. The van der Waals surface area contributed by atoms with Crippen molar-refractivity contribution >= 4 is 34.6 Å². The summed E-state index contributed by atoms with van der Waals surface area (Å²) in [6.45, 7) is 4.78. The van der Waals surface area contributed by atoms with Gasteiger partial charge in [-0.25, -0.2) is 9.55 Å². The van der Waals surface area contributed by atoms with Crippen LogP contribution in [0.5, 0.6) is 0 Å². The van der Waals surface area contributed by atoms with Gasteiger partial charge in [-0.05, 0) is 75.1 Å². The first-order chi connectivity index (χ1) is 16.4. The monoisotopic (exact) mass is 474 g/mol. The fraction of sp³-hybridized carbons (Fsp3) is 0.269. The van der Waals surface area contributed by atoms with Crippen LogP contribution in [0.1, 0.15) is 35.5 Å². The number of fused-ring (bicyclic) bond motifs is 2. The Bertz CT molecular complexity index is 1420. The number of amides is 1. The molecule has 1 N–H and O–H groups in total. The lowest BCUT2D eigenvalue weighted by atomic mass is 10.0. The highest BCUT2D eigenvalue weighted by Crippen LogP contribution is 2.24. The summed E-state index contributed by atoms with van der Waals surface area (Å²) in [5, 5.41) is 4.21. The molecule has 1 aliphatic rings. The number of thioether (sulfide) groups is 1. The third-order valence-electron chi connectivity index (χ3n) is 5.97. The van der Waals surface area contributed by atoms with Gasteiger partial charge in [-0.1, -0.05) is 0 Å². The van der Waals surface area contributed by atoms with Crippen molar-refractivity contribution in [2.24, 2.45) is 0 Å². The first-order valence-corrected chi connectivity index (χ1v) is 12.5. The maximum atomic E-state index is 13.6. The van der Waals surface area contributed by atoms with Gasteiger partial charge in [-0.15, -0.1) is 11.8 Å². The molecule has 5 rings (SSSR count). The van der Waals surface area contributed by atoms with Crippen LogP contribution < -0.4 is 10.9 Å². The molecule has 0 fully saturated rings. The Labute approximate surface area is 201 Å². The molecule has 7 nitrogen and oxygen atoms in total. The van der Waals surface area contributed by atoms with Crippen LogP contribution in [0.2, 0.25) is 0 Å². The van der Waals surface area contributed by atoms with Crippen LogP contribution in [0.4, 0.5) is 5.95 Å². The van der Waals surface area contributed by atoms with Crippen LogP contribution in [0, 0.1) is 0 Å². The lowest BCUT2D eigenvalue weighted by Crippen LogP contribution is -2.41. The summed E-state index contributed by atoms with van der Waals surface area (Å²) in [5.41, 5.74) is 3.34. The van der Waals surface area contributed by atoms with Crippen LogP contribution in [-0.2, 0) is 13.0 Å². The first kappa shape index (κ1) is 22.3. The molecule has 0 unspecified atom stereocenters. The number of nitrogens with zero attached hydrogens (tertiary/aromatic N) is 3. The van der Waals surface area contributed by atoms with E-state index in [9.17, 15) is 9.59 Å². The number of aromatic nitrogens is 2. The van der Waals surface area contributed by atoms with Gasteiger partial charge in [0.1, 0.15) is 5.58 Å². The number of anilines is 1. The predicted molar refractivity (Wildman–Crippen MR) is 135 cm³/mol. The smallest absolute Gasteiger partial charge is 0.263 e. The number of carbonyl (C=O) groups is 1. The van der Waals surface area contributed by atoms with Gasteiger partial charge >= 0.3 is 0 Å². The molecular formula is C26H26N4O3S. The first-order valence-electron chi connectivity index (χ1n) is 11.3. The molecule has 0 aliphatic carbocycles. The number of rotatable bonds is 5. The zero-order valence-electron chi connectivity index (χ0n) is 19.4. The zero-order chi connectivity index (χ0) is 23.8. The van der Waals surface area contributed by atoms with Gasteiger partial charge in [-0.3, -0.25) is 9.59 Å². The van der Waals surface area contributed by atoms with Crippen LogP contribution in [0.25, 0.3) is 16.7 Å².